The molecule has 1 aliphatic rings. The van der Waals surface area contributed by atoms with Gasteiger partial charge in [0.25, 0.3) is 5.91 Å². The van der Waals surface area contributed by atoms with E-state index in [9.17, 15) is 4.79 Å². The van der Waals surface area contributed by atoms with E-state index in [-0.39, 0.29) is 24.6 Å². The van der Waals surface area contributed by atoms with Crippen LogP contribution in [0.2, 0.25) is 0 Å². The average molecular weight is 653 g/mol. The van der Waals surface area contributed by atoms with Crippen molar-refractivity contribution < 1.29 is 9.53 Å². The van der Waals surface area contributed by atoms with Gasteiger partial charge in [-0.1, -0.05) is 40.2 Å². The van der Waals surface area contributed by atoms with Gasteiger partial charge in [-0.15, -0.1) is 0 Å². The first kappa shape index (κ1) is 28.6. The van der Waals surface area contributed by atoms with E-state index < -0.39 is 0 Å². The molecule has 0 spiro atoms. The third-order valence-electron chi connectivity index (χ3n) is 7.51. The number of ether oxygens (including phenoxy) is 1. The minimum atomic E-state index is -0.233. The molecule has 3 aromatic carbocycles. The molecule has 3 heterocycles. The van der Waals surface area contributed by atoms with Crippen molar-refractivity contribution in [2.75, 3.05) is 16.8 Å². The van der Waals surface area contributed by atoms with Crippen LogP contribution in [0.25, 0.3) is 5.69 Å². The Bertz CT molecular complexity index is 1740. The lowest BCUT2D eigenvalue weighted by molar-refractivity contribution is -0.118. The number of nitrogens with one attached hydrogen (secondary N) is 2. The van der Waals surface area contributed by atoms with Crippen molar-refractivity contribution in [1.29, 1.82) is 0 Å². The largest absolute Gasteiger partial charge is 0.484 e. The molecule has 0 saturated carbocycles. The van der Waals surface area contributed by atoms with E-state index in [1.54, 1.807) is 0 Å². The number of thiocarbonyl (C=S) groups is 1. The molecule has 2 N–H and O–H groups in total. The number of para-hydroxylation sites is 1. The summed E-state index contributed by atoms with van der Waals surface area (Å²) in [6.07, 6.45) is 1.81. The highest BCUT2D eigenvalue weighted by Gasteiger charge is 2.42. The molecule has 1 aliphatic heterocycles. The van der Waals surface area contributed by atoms with Crippen LogP contribution in [-0.4, -0.2) is 27.2 Å². The number of carbonyl (C=O) groups is 1. The zero-order chi connectivity index (χ0) is 29.9. The predicted molar refractivity (Wildman–Crippen MR) is 178 cm³/mol. The Kier molecular flexibility index (Phi) is 8.26. The van der Waals surface area contributed by atoms with Gasteiger partial charge in [-0.25, -0.2) is 0 Å². The van der Waals surface area contributed by atoms with Crippen molar-refractivity contribution in [3.05, 3.63) is 136 Å². The number of benzene rings is 3. The number of anilines is 2. The Labute approximate surface area is 264 Å². The summed E-state index contributed by atoms with van der Waals surface area (Å²) < 4.78 is 8.89. The first-order valence-corrected chi connectivity index (χ1v) is 15.1. The van der Waals surface area contributed by atoms with Crippen molar-refractivity contribution in [2.24, 2.45) is 0 Å². The van der Waals surface area contributed by atoms with Crippen molar-refractivity contribution in [2.45, 2.75) is 25.9 Å². The molecule has 7 nitrogen and oxygen atoms in total. The highest BCUT2D eigenvalue weighted by atomic mass is 79.9. The first-order valence-electron chi connectivity index (χ1n) is 13.9. The smallest absolute Gasteiger partial charge is 0.262 e. The monoisotopic (exact) mass is 651 g/mol. The fraction of sp³-hybridized carbons (Fsp3) is 0.147. The highest BCUT2D eigenvalue weighted by molar-refractivity contribution is 9.10. The maximum Gasteiger partial charge on any atom is 0.262 e. The van der Waals surface area contributed by atoms with Crippen LogP contribution in [-0.2, 0) is 4.79 Å². The molecule has 5 aromatic rings. The number of nitrogens with zero attached hydrogens (tertiary/aromatic N) is 3. The predicted octanol–water partition coefficient (Wildman–Crippen LogP) is 7.45. The van der Waals surface area contributed by atoms with Crippen molar-refractivity contribution in [3.8, 4) is 11.4 Å². The van der Waals surface area contributed by atoms with E-state index in [4.69, 9.17) is 21.9 Å². The molecule has 0 radical (unpaired) electrons. The standard InChI is InChI=1S/C34H30BrN5O2S/c1-22-20-29(23(2)39(22)26-15-11-24(35)12-16-26)33-32(30-10-6-7-19-36-30)38-34(43)40(33)27-17-13-25(14-18-27)37-31(41)21-42-28-8-4-3-5-9-28/h3-20,32-33H,21H2,1-2H3,(H,37,41)(H,38,43). The van der Waals surface area contributed by atoms with Crippen LogP contribution in [0, 0.1) is 13.8 Å². The van der Waals surface area contributed by atoms with Gasteiger partial charge in [0, 0.05) is 39.1 Å². The third-order valence-corrected chi connectivity index (χ3v) is 8.36. The van der Waals surface area contributed by atoms with E-state index in [0.717, 1.165) is 38.5 Å². The minimum Gasteiger partial charge on any atom is -0.484 e. The van der Waals surface area contributed by atoms with E-state index in [1.165, 1.54) is 0 Å². The highest BCUT2D eigenvalue weighted by Crippen LogP contribution is 2.44. The van der Waals surface area contributed by atoms with Crippen LogP contribution in [0.1, 0.15) is 34.7 Å². The van der Waals surface area contributed by atoms with Gasteiger partial charge in [0.15, 0.2) is 11.7 Å². The zero-order valence-corrected chi connectivity index (χ0v) is 26.1. The lowest BCUT2D eigenvalue weighted by Crippen LogP contribution is -2.29. The third kappa shape index (κ3) is 6.04. The normalized spacial score (nSPS) is 16.2. The fourth-order valence-corrected chi connectivity index (χ4v) is 6.20. The summed E-state index contributed by atoms with van der Waals surface area (Å²) in [6, 6.07) is 33.2. The van der Waals surface area contributed by atoms with Crippen LogP contribution >= 0.6 is 28.1 Å². The van der Waals surface area contributed by atoms with Crippen LogP contribution in [0.5, 0.6) is 5.75 Å². The maximum atomic E-state index is 12.5. The second kappa shape index (κ2) is 12.4. The Hall–Kier alpha value is -4.47. The number of pyridine rings is 1. The SMILES string of the molecule is Cc1cc(C2C(c3ccccn3)NC(=S)N2c2ccc(NC(=O)COc3ccccc3)cc2)c(C)n1-c1ccc(Br)cc1. The molecule has 2 atom stereocenters. The number of aromatic nitrogens is 2. The summed E-state index contributed by atoms with van der Waals surface area (Å²) in [6.45, 7) is 4.20. The number of aryl methyl sites for hydroxylation is 1. The van der Waals surface area contributed by atoms with Crippen molar-refractivity contribution >= 4 is 50.5 Å². The Balaban J connectivity index is 1.30. The van der Waals surface area contributed by atoms with E-state index in [1.807, 2.05) is 79.0 Å². The van der Waals surface area contributed by atoms with E-state index in [2.05, 4.69) is 80.2 Å². The summed E-state index contributed by atoms with van der Waals surface area (Å²) in [7, 11) is 0. The van der Waals surface area contributed by atoms with Gasteiger partial charge in [0.1, 0.15) is 5.75 Å². The minimum absolute atomic E-state index is 0.0757. The van der Waals surface area contributed by atoms with Crippen LogP contribution in [0.4, 0.5) is 11.4 Å². The van der Waals surface area contributed by atoms with Gasteiger partial charge in [0.2, 0.25) is 0 Å². The van der Waals surface area contributed by atoms with Crippen LogP contribution < -0.4 is 20.3 Å². The van der Waals surface area contributed by atoms with Gasteiger partial charge in [-0.3, -0.25) is 9.78 Å². The molecular formula is C34H30BrN5O2S. The quantitative estimate of drug-likeness (QED) is 0.170. The zero-order valence-electron chi connectivity index (χ0n) is 23.7. The molecule has 0 aliphatic carbocycles. The molecule has 0 bridgehead atoms. The van der Waals surface area contributed by atoms with Gasteiger partial charge in [-0.05, 0) is 110 Å². The summed E-state index contributed by atoms with van der Waals surface area (Å²) in [4.78, 5) is 19.4. The van der Waals surface area contributed by atoms with Crippen molar-refractivity contribution in [1.82, 2.24) is 14.9 Å². The lowest BCUT2D eigenvalue weighted by atomic mass is 9.96. The molecule has 216 valence electrons. The lowest BCUT2D eigenvalue weighted by Gasteiger charge is -2.28. The Morgan fingerprint density at radius 2 is 1.65 bits per heavy atom. The summed E-state index contributed by atoms with van der Waals surface area (Å²) in [5.41, 5.74) is 7.00. The molecule has 9 heteroatoms. The summed E-state index contributed by atoms with van der Waals surface area (Å²) >= 11 is 9.49. The number of amides is 1. The number of hydrogen-bond acceptors (Lipinski definition) is 4. The number of rotatable bonds is 8. The van der Waals surface area contributed by atoms with Gasteiger partial charge >= 0.3 is 0 Å². The van der Waals surface area contributed by atoms with E-state index >= 15 is 0 Å². The van der Waals surface area contributed by atoms with E-state index in [0.29, 0.717) is 16.5 Å². The number of halogens is 1. The molecule has 2 aromatic heterocycles. The van der Waals surface area contributed by atoms with Gasteiger partial charge < -0.3 is 24.8 Å². The van der Waals surface area contributed by atoms with Crippen LogP contribution in [0.3, 0.4) is 0 Å². The first-order chi connectivity index (χ1) is 20.9. The average Bonchev–Trinajstić information content (AvgIpc) is 3.52. The molecular weight excluding hydrogens is 622 g/mol. The molecule has 1 fully saturated rings. The van der Waals surface area contributed by atoms with Gasteiger partial charge in [-0.2, -0.15) is 0 Å². The summed E-state index contributed by atoms with van der Waals surface area (Å²) in [5, 5.41) is 7.07. The molecule has 2 unspecified atom stereocenters. The maximum absolute atomic E-state index is 12.5. The molecule has 1 saturated heterocycles. The number of hydrogen-bond donors (Lipinski definition) is 2. The van der Waals surface area contributed by atoms with Gasteiger partial charge in [0.05, 0.1) is 17.8 Å². The second-order valence-corrected chi connectivity index (χ2v) is 11.6. The topological polar surface area (TPSA) is 71.4 Å². The van der Waals surface area contributed by atoms with Crippen LogP contribution in [0.15, 0.2) is 114 Å². The fourth-order valence-electron chi connectivity index (χ4n) is 5.59. The molecule has 43 heavy (non-hydrogen) atoms. The number of carbonyl (C=O) groups excluding carboxylic acids is 1. The Morgan fingerprint density at radius 3 is 2.35 bits per heavy atom. The Morgan fingerprint density at radius 1 is 0.953 bits per heavy atom. The molecule has 1 amide bonds. The van der Waals surface area contributed by atoms with Crippen molar-refractivity contribution in [3.63, 3.8) is 0 Å². The summed E-state index contributed by atoms with van der Waals surface area (Å²) in [5.74, 6) is 0.416. The second-order valence-electron chi connectivity index (χ2n) is 10.3. The molecule has 6 rings (SSSR count).